The van der Waals surface area contributed by atoms with Gasteiger partial charge in [-0.2, -0.15) is 0 Å². The van der Waals surface area contributed by atoms with Crippen molar-refractivity contribution in [3.8, 4) is 33.4 Å². The molecule has 208 valence electrons. The average Bonchev–Trinajstić information content (AvgIpc) is 3.49. The fourth-order valence-electron chi connectivity index (χ4n) is 7.64. The smallest absolute Gasteiger partial charge is 0.136 e. The van der Waals surface area contributed by atoms with Crippen molar-refractivity contribution < 1.29 is 4.42 Å². The Labute approximate surface area is 259 Å². The molecule has 1 nitrogen and oxygen atoms in total. The van der Waals surface area contributed by atoms with Gasteiger partial charge in [-0.05, 0) is 94.7 Å². The molecule has 1 heteroatoms. The number of hydrogen-bond acceptors (Lipinski definition) is 1. The number of furan rings is 1. The molecule has 0 spiro atoms. The van der Waals surface area contributed by atoms with Crippen LogP contribution in [0.15, 0.2) is 162 Å². The highest BCUT2D eigenvalue weighted by Crippen LogP contribution is 2.46. The number of rotatable bonds is 3. The molecule has 0 aliphatic rings. The van der Waals surface area contributed by atoms with E-state index in [0.29, 0.717) is 0 Å². The molecule has 1 aromatic heterocycles. The Kier molecular flexibility index (Phi) is 5.06. The highest BCUT2D eigenvalue weighted by Gasteiger charge is 2.19. The Balaban J connectivity index is 1.21. The summed E-state index contributed by atoms with van der Waals surface area (Å²) < 4.78 is 6.47. The monoisotopic (exact) mass is 570 g/mol. The van der Waals surface area contributed by atoms with E-state index in [9.17, 15) is 0 Å². The molecule has 0 aliphatic heterocycles. The van der Waals surface area contributed by atoms with Gasteiger partial charge in [-0.15, -0.1) is 0 Å². The number of hydrogen-bond donors (Lipinski definition) is 0. The van der Waals surface area contributed by atoms with Crippen molar-refractivity contribution in [3.05, 3.63) is 158 Å². The van der Waals surface area contributed by atoms with Crippen LogP contribution in [0.5, 0.6) is 0 Å². The van der Waals surface area contributed by atoms with E-state index in [1.165, 1.54) is 87.2 Å². The van der Waals surface area contributed by atoms with Gasteiger partial charge < -0.3 is 4.42 Å². The normalized spacial score (nSPS) is 12.0. The lowest BCUT2D eigenvalue weighted by atomic mass is 9.85. The summed E-state index contributed by atoms with van der Waals surface area (Å²) in [5, 5.41) is 12.4. The zero-order chi connectivity index (χ0) is 29.5. The summed E-state index contributed by atoms with van der Waals surface area (Å²) in [5.74, 6) is 0. The first kappa shape index (κ1) is 24.5. The fraction of sp³-hybridized carbons (Fsp3) is 0. The molecular weight excluding hydrogens is 544 g/mol. The Bertz CT molecular complexity index is 2680. The molecule has 10 rings (SSSR count). The van der Waals surface area contributed by atoms with E-state index < -0.39 is 0 Å². The standard InChI is InChI=1S/C44H26O/c1-2-12-33-27(9-1)10-7-17-34(33)28-19-21-30(22-20-28)41-35-13-3-5-15-37(35)42(38-16-6-4-14-36(38)41)32-25-31-24-23-29-11-8-18-39-43(29)44(31)40(26-32)45-39/h1-26H. The molecule has 9 aromatic carbocycles. The molecule has 0 aliphatic carbocycles. The van der Waals surface area contributed by atoms with Crippen LogP contribution >= 0.6 is 0 Å². The average molecular weight is 571 g/mol. The minimum Gasteiger partial charge on any atom is -0.456 e. The lowest BCUT2D eigenvalue weighted by molar-refractivity contribution is 0.669. The van der Waals surface area contributed by atoms with Crippen LogP contribution in [0.1, 0.15) is 0 Å². The quantitative estimate of drug-likeness (QED) is 0.152. The van der Waals surface area contributed by atoms with Crippen LogP contribution in [-0.2, 0) is 0 Å². The molecule has 45 heavy (non-hydrogen) atoms. The van der Waals surface area contributed by atoms with E-state index in [4.69, 9.17) is 4.42 Å². The van der Waals surface area contributed by atoms with Crippen LogP contribution in [0.4, 0.5) is 0 Å². The predicted molar refractivity (Wildman–Crippen MR) is 191 cm³/mol. The van der Waals surface area contributed by atoms with Crippen molar-refractivity contribution in [2.24, 2.45) is 0 Å². The zero-order valence-corrected chi connectivity index (χ0v) is 24.4. The van der Waals surface area contributed by atoms with E-state index in [-0.39, 0.29) is 0 Å². The SMILES string of the molecule is c1ccc2c(-c3ccc(-c4c5ccccc5c(-c5cc6ccc7cccc8oc(c5)c6c78)c5ccccc45)cc3)cccc2c1. The van der Waals surface area contributed by atoms with Crippen LogP contribution in [-0.4, -0.2) is 0 Å². The molecule has 10 aromatic rings. The highest BCUT2D eigenvalue weighted by atomic mass is 16.3. The zero-order valence-electron chi connectivity index (χ0n) is 24.4. The second-order valence-corrected chi connectivity index (χ2v) is 12.0. The first-order chi connectivity index (χ1) is 22.3. The van der Waals surface area contributed by atoms with E-state index in [1.54, 1.807) is 0 Å². The van der Waals surface area contributed by atoms with Gasteiger partial charge in [0.2, 0.25) is 0 Å². The lowest BCUT2D eigenvalue weighted by Crippen LogP contribution is -1.91. The van der Waals surface area contributed by atoms with E-state index in [0.717, 1.165) is 11.2 Å². The summed E-state index contributed by atoms with van der Waals surface area (Å²) >= 11 is 0. The summed E-state index contributed by atoms with van der Waals surface area (Å²) in [7, 11) is 0. The summed E-state index contributed by atoms with van der Waals surface area (Å²) in [6.45, 7) is 0. The maximum absolute atomic E-state index is 6.47. The van der Waals surface area contributed by atoms with Crippen molar-refractivity contribution >= 4 is 65.0 Å². The third-order valence-corrected chi connectivity index (χ3v) is 9.60. The van der Waals surface area contributed by atoms with Crippen molar-refractivity contribution in [3.63, 3.8) is 0 Å². The van der Waals surface area contributed by atoms with Crippen LogP contribution in [0.3, 0.4) is 0 Å². The third kappa shape index (κ3) is 3.56. The van der Waals surface area contributed by atoms with Crippen LogP contribution in [0.25, 0.3) is 98.4 Å². The van der Waals surface area contributed by atoms with Crippen LogP contribution in [0.2, 0.25) is 0 Å². The molecule has 0 unspecified atom stereocenters. The van der Waals surface area contributed by atoms with Crippen LogP contribution in [0, 0.1) is 0 Å². The summed E-state index contributed by atoms with van der Waals surface area (Å²) in [6.07, 6.45) is 0. The Morgan fingerprint density at radius 2 is 0.844 bits per heavy atom. The van der Waals surface area contributed by atoms with Gasteiger partial charge in [-0.1, -0.05) is 140 Å². The van der Waals surface area contributed by atoms with Gasteiger partial charge in [0, 0.05) is 10.8 Å². The Morgan fingerprint density at radius 1 is 0.311 bits per heavy atom. The second-order valence-electron chi connectivity index (χ2n) is 12.0. The molecule has 1 heterocycles. The third-order valence-electron chi connectivity index (χ3n) is 9.60. The molecule has 0 saturated carbocycles. The largest absolute Gasteiger partial charge is 0.456 e. The number of fused-ring (bicyclic) bond motifs is 3. The fourth-order valence-corrected chi connectivity index (χ4v) is 7.64. The Morgan fingerprint density at radius 3 is 1.58 bits per heavy atom. The van der Waals surface area contributed by atoms with Gasteiger partial charge in [0.25, 0.3) is 0 Å². The molecule has 0 radical (unpaired) electrons. The maximum Gasteiger partial charge on any atom is 0.136 e. The molecule has 0 amide bonds. The van der Waals surface area contributed by atoms with Crippen molar-refractivity contribution in [1.82, 2.24) is 0 Å². The van der Waals surface area contributed by atoms with Crippen LogP contribution < -0.4 is 0 Å². The van der Waals surface area contributed by atoms with Gasteiger partial charge in [0.1, 0.15) is 11.2 Å². The van der Waals surface area contributed by atoms with Gasteiger partial charge in [-0.25, -0.2) is 0 Å². The maximum atomic E-state index is 6.47. The molecule has 0 N–H and O–H groups in total. The molecule has 0 fully saturated rings. The van der Waals surface area contributed by atoms with Crippen molar-refractivity contribution in [2.75, 3.05) is 0 Å². The second kappa shape index (κ2) is 9.29. The first-order valence-corrected chi connectivity index (χ1v) is 15.5. The lowest BCUT2D eigenvalue weighted by Gasteiger charge is -2.18. The summed E-state index contributed by atoms with van der Waals surface area (Å²) in [5.41, 5.74) is 9.28. The molecule has 0 bridgehead atoms. The van der Waals surface area contributed by atoms with Crippen molar-refractivity contribution in [1.29, 1.82) is 0 Å². The number of benzene rings is 9. The van der Waals surface area contributed by atoms with E-state index in [2.05, 4.69) is 158 Å². The highest BCUT2D eigenvalue weighted by molar-refractivity contribution is 6.25. The van der Waals surface area contributed by atoms with Gasteiger partial charge in [0.05, 0.1) is 0 Å². The van der Waals surface area contributed by atoms with Gasteiger partial charge in [0.15, 0.2) is 0 Å². The summed E-state index contributed by atoms with van der Waals surface area (Å²) in [6, 6.07) is 57.4. The summed E-state index contributed by atoms with van der Waals surface area (Å²) in [4.78, 5) is 0. The van der Waals surface area contributed by atoms with E-state index in [1.807, 2.05) is 0 Å². The first-order valence-electron chi connectivity index (χ1n) is 15.5. The Hall–Kier alpha value is -5.92. The van der Waals surface area contributed by atoms with E-state index >= 15 is 0 Å². The molecular formula is C44H26O. The predicted octanol–water partition coefficient (Wildman–Crippen LogP) is 12.6. The minimum atomic E-state index is 0.940. The molecule has 0 atom stereocenters. The topological polar surface area (TPSA) is 13.1 Å². The van der Waals surface area contributed by atoms with Crippen molar-refractivity contribution in [2.45, 2.75) is 0 Å². The van der Waals surface area contributed by atoms with Gasteiger partial charge >= 0.3 is 0 Å². The van der Waals surface area contributed by atoms with Gasteiger partial charge in [-0.3, -0.25) is 0 Å². The minimum absolute atomic E-state index is 0.940. The molecule has 0 saturated heterocycles.